The maximum Gasteiger partial charge on any atom is 0.417 e. The molecule has 2 aromatic carbocycles. The smallest absolute Gasteiger partial charge is 0.417 e. The molecule has 2 unspecified atom stereocenters. The molecule has 0 bridgehead atoms. The number of halogens is 3. The zero-order valence-electron chi connectivity index (χ0n) is 15.3. The molecule has 0 radical (unpaired) electrons. The monoisotopic (exact) mass is 513 g/mol. The van der Waals surface area contributed by atoms with E-state index in [9.17, 15) is 18.4 Å². The second-order valence-corrected chi connectivity index (χ2v) is 7.94. The van der Waals surface area contributed by atoms with Crippen LogP contribution in [0.25, 0.3) is 0 Å². The van der Waals surface area contributed by atoms with E-state index in [0.29, 0.717) is 4.43 Å². The van der Waals surface area contributed by atoms with Gasteiger partial charge in [0.05, 0.1) is 12.5 Å². The van der Waals surface area contributed by atoms with Crippen LogP contribution in [0, 0.1) is 17.6 Å². The number of amides is 2. The predicted octanol–water partition coefficient (Wildman–Crippen LogP) is 4.35. The van der Waals surface area contributed by atoms with Crippen molar-refractivity contribution >= 4 is 34.6 Å². The van der Waals surface area contributed by atoms with E-state index in [0.717, 1.165) is 16.5 Å². The Morgan fingerprint density at radius 1 is 1.17 bits per heavy atom. The molecule has 2 amide bonds. The Hall–Kier alpha value is -2.07. The van der Waals surface area contributed by atoms with Gasteiger partial charge in [0.15, 0.2) is 0 Å². The fourth-order valence-electron chi connectivity index (χ4n) is 3.93. The van der Waals surface area contributed by atoms with Gasteiger partial charge in [0.25, 0.3) is 0 Å². The van der Waals surface area contributed by atoms with Gasteiger partial charge in [-0.3, -0.25) is 4.79 Å². The van der Waals surface area contributed by atoms with Gasteiger partial charge in [0.1, 0.15) is 29.9 Å². The molecule has 0 spiro atoms. The molecule has 0 aliphatic carbocycles. The number of hydrogen-bond donors (Lipinski definition) is 0. The lowest BCUT2D eigenvalue weighted by molar-refractivity contribution is -0.133. The lowest BCUT2D eigenvalue weighted by Crippen LogP contribution is -2.39. The lowest BCUT2D eigenvalue weighted by Gasteiger charge is -2.27. The van der Waals surface area contributed by atoms with Crippen LogP contribution in [-0.4, -0.2) is 34.5 Å². The van der Waals surface area contributed by atoms with E-state index >= 15 is 0 Å². The minimum Gasteiger partial charge on any atom is -0.446 e. The van der Waals surface area contributed by atoms with Gasteiger partial charge < -0.3 is 9.47 Å². The highest BCUT2D eigenvalue weighted by molar-refractivity contribution is 14.1. The zero-order valence-corrected chi connectivity index (χ0v) is 17.5. The molecule has 29 heavy (non-hydrogen) atoms. The Bertz CT molecular complexity index is 942. The van der Waals surface area contributed by atoms with Crippen LogP contribution in [-0.2, 0) is 19.9 Å². The summed E-state index contributed by atoms with van der Waals surface area (Å²) in [6.45, 7) is 0.135. The molecule has 0 aromatic heterocycles. The van der Waals surface area contributed by atoms with E-state index < -0.39 is 41.2 Å². The summed E-state index contributed by atoms with van der Waals surface area (Å²) in [4.78, 5) is 26.6. The van der Waals surface area contributed by atoms with Crippen LogP contribution in [0.1, 0.15) is 23.6 Å². The third-order valence-electron chi connectivity index (χ3n) is 5.42. The van der Waals surface area contributed by atoms with Crippen molar-refractivity contribution in [2.45, 2.75) is 18.1 Å². The highest BCUT2D eigenvalue weighted by Crippen LogP contribution is 2.43. The first-order valence-electron chi connectivity index (χ1n) is 9.15. The maximum absolute atomic E-state index is 14.4. The third kappa shape index (κ3) is 3.63. The van der Waals surface area contributed by atoms with Crippen molar-refractivity contribution in [2.24, 2.45) is 5.92 Å². The van der Waals surface area contributed by atoms with E-state index in [2.05, 4.69) is 22.6 Å². The largest absolute Gasteiger partial charge is 0.446 e. The lowest BCUT2D eigenvalue weighted by atomic mass is 9.88. The van der Waals surface area contributed by atoms with E-state index in [1.54, 1.807) is 0 Å². The van der Waals surface area contributed by atoms with Gasteiger partial charge in [-0.15, -0.1) is 0 Å². The molecule has 4 rings (SSSR count). The fraction of sp³-hybridized carbons (Fsp3) is 0.333. The highest BCUT2D eigenvalue weighted by atomic mass is 127. The van der Waals surface area contributed by atoms with Gasteiger partial charge in [0, 0.05) is 16.1 Å². The van der Waals surface area contributed by atoms with Gasteiger partial charge in [-0.2, -0.15) is 0 Å². The topological polar surface area (TPSA) is 55.8 Å². The number of imide groups is 1. The van der Waals surface area contributed by atoms with Crippen LogP contribution in [0.4, 0.5) is 13.6 Å². The molecular formula is C21H18F2INO4. The fourth-order valence-corrected chi connectivity index (χ4v) is 4.87. The SMILES string of the molecule is O=C1OC[C@@H](c2ccccc2)N1C(=O)C1COC(CI)(c2ccc(F)cc2F)C1. The first-order valence-corrected chi connectivity index (χ1v) is 10.7. The van der Waals surface area contributed by atoms with Gasteiger partial charge in [0.2, 0.25) is 5.91 Å². The van der Waals surface area contributed by atoms with Crippen LogP contribution in [0.15, 0.2) is 48.5 Å². The van der Waals surface area contributed by atoms with E-state index in [1.165, 1.54) is 12.1 Å². The molecule has 8 heteroatoms. The van der Waals surface area contributed by atoms with Crippen LogP contribution in [0.3, 0.4) is 0 Å². The zero-order chi connectivity index (χ0) is 20.6. The number of rotatable bonds is 4. The Kier molecular flexibility index (Phi) is 5.56. The summed E-state index contributed by atoms with van der Waals surface area (Å²) < 4.78 is 39.1. The summed E-state index contributed by atoms with van der Waals surface area (Å²) in [6.07, 6.45) is -0.494. The number of ether oxygens (including phenoxy) is 2. The normalized spacial score (nSPS) is 26.6. The molecule has 2 aliphatic rings. The van der Waals surface area contributed by atoms with Crippen LogP contribution >= 0.6 is 22.6 Å². The second-order valence-electron chi connectivity index (χ2n) is 7.18. The molecule has 0 N–H and O–H groups in total. The van der Waals surface area contributed by atoms with Crippen LogP contribution < -0.4 is 0 Å². The Morgan fingerprint density at radius 2 is 1.93 bits per heavy atom. The van der Waals surface area contributed by atoms with Gasteiger partial charge in [-0.05, 0) is 18.1 Å². The second kappa shape index (κ2) is 7.98. The standard InChI is InChI=1S/C21H18F2INO4/c22-15-6-7-16(17(23)8-15)21(12-24)9-14(10-29-21)19(26)25-18(11-28-20(25)27)13-4-2-1-3-5-13/h1-8,14,18H,9-12H2/t14?,18-,21?/m0/s1. The summed E-state index contributed by atoms with van der Waals surface area (Å²) in [5.74, 6) is -2.43. The molecular weight excluding hydrogens is 495 g/mol. The third-order valence-corrected chi connectivity index (χ3v) is 6.65. The predicted molar refractivity (Wildman–Crippen MR) is 108 cm³/mol. The van der Waals surface area contributed by atoms with Crippen molar-refractivity contribution < 1.29 is 27.8 Å². The Labute approximate surface area is 180 Å². The van der Waals surface area contributed by atoms with Gasteiger partial charge in [-0.25, -0.2) is 18.5 Å². The molecule has 2 aromatic rings. The molecule has 0 saturated carbocycles. The number of carbonyl (C=O) groups excluding carboxylic acids is 2. The molecule has 152 valence electrons. The maximum atomic E-state index is 14.4. The molecule has 3 atom stereocenters. The number of benzene rings is 2. The summed E-state index contributed by atoms with van der Waals surface area (Å²) in [7, 11) is 0. The number of hydrogen-bond acceptors (Lipinski definition) is 4. The first-order chi connectivity index (χ1) is 13.9. The molecule has 2 heterocycles. The Morgan fingerprint density at radius 3 is 2.62 bits per heavy atom. The van der Waals surface area contributed by atoms with Crippen molar-refractivity contribution in [1.29, 1.82) is 0 Å². The van der Waals surface area contributed by atoms with Crippen molar-refractivity contribution in [1.82, 2.24) is 4.90 Å². The summed E-state index contributed by atoms with van der Waals surface area (Å²) in [6, 6.07) is 12.0. The summed E-state index contributed by atoms with van der Waals surface area (Å²) in [5.41, 5.74) is -0.0348. The molecule has 2 saturated heterocycles. The molecule has 5 nitrogen and oxygen atoms in total. The number of nitrogens with zero attached hydrogens (tertiary/aromatic N) is 1. The van der Waals surface area contributed by atoms with Gasteiger partial charge >= 0.3 is 6.09 Å². The van der Waals surface area contributed by atoms with Gasteiger partial charge in [-0.1, -0.05) is 59.0 Å². The van der Waals surface area contributed by atoms with Crippen molar-refractivity contribution in [2.75, 3.05) is 17.6 Å². The summed E-state index contributed by atoms with van der Waals surface area (Å²) >= 11 is 2.07. The van der Waals surface area contributed by atoms with Crippen molar-refractivity contribution in [3.8, 4) is 0 Å². The van der Waals surface area contributed by atoms with Crippen molar-refractivity contribution in [3.05, 3.63) is 71.3 Å². The quantitative estimate of drug-likeness (QED) is 0.451. The first kappa shape index (κ1) is 20.2. The van der Waals surface area contributed by atoms with Crippen LogP contribution in [0.2, 0.25) is 0 Å². The van der Waals surface area contributed by atoms with E-state index in [1.807, 2.05) is 30.3 Å². The number of alkyl halides is 1. The van der Waals surface area contributed by atoms with Crippen molar-refractivity contribution in [3.63, 3.8) is 0 Å². The minimum absolute atomic E-state index is 0.0456. The number of cyclic esters (lactones) is 1. The number of carbonyl (C=O) groups is 2. The molecule has 2 aliphatic heterocycles. The molecule has 2 fully saturated rings. The Balaban J connectivity index is 1.59. The van der Waals surface area contributed by atoms with E-state index in [-0.39, 0.29) is 25.2 Å². The van der Waals surface area contributed by atoms with E-state index in [4.69, 9.17) is 9.47 Å². The summed E-state index contributed by atoms with van der Waals surface area (Å²) in [5, 5.41) is 0. The average molecular weight is 513 g/mol. The highest BCUT2D eigenvalue weighted by Gasteiger charge is 2.49. The average Bonchev–Trinajstić information content (AvgIpc) is 3.33. The van der Waals surface area contributed by atoms with Crippen LogP contribution in [0.5, 0.6) is 0 Å². The minimum atomic E-state index is -1.05.